The molecule has 0 saturated carbocycles. The highest BCUT2D eigenvalue weighted by Crippen LogP contribution is 2.33. The third-order valence-electron chi connectivity index (χ3n) is 5.11. The zero-order valence-corrected chi connectivity index (χ0v) is 13.3. The number of nitrogens with zero attached hydrogens (tertiary/aromatic N) is 4. The van der Waals surface area contributed by atoms with Gasteiger partial charge in [0.2, 0.25) is 5.91 Å². The van der Waals surface area contributed by atoms with E-state index in [9.17, 15) is 4.79 Å². The fraction of sp³-hybridized carbons (Fsp3) is 0.812. The van der Waals surface area contributed by atoms with Gasteiger partial charge in [0.25, 0.3) is 0 Å². The summed E-state index contributed by atoms with van der Waals surface area (Å²) in [5, 5.41) is 10.6. The molecule has 1 amide bonds. The third kappa shape index (κ3) is 4.06. The van der Waals surface area contributed by atoms with Crippen molar-refractivity contribution in [2.75, 3.05) is 19.6 Å². The first kappa shape index (κ1) is 15.5. The van der Waals surface area contributed by atoms with Crippen LogP contribution in [-0.2, 0) is 11.3 Å². The van der Waals surface area contributed by atoms with Crippen LogP contribution >= 0.6 is 0 Å². The van der Waals surface area contributed by atoms with Crippen molar-refractivity contribution in [1.82, 2.24) is 25.2 Å². The van der Waals surface area contributed by atoms with Crippen LogP contribution < -0.4 is 5.32 Å². The van der Waals surface area contributed by atoms with Gasteiger partial charge in [0.05, 0.1) is 12.7 Å². The van der Waals surface area contributed by atoms with Gasteiger partial charge in [-0.1, -0.05) is 11.6 Å². The van der Waals surface area contributed by atoms with E-state index in [-0.39, 0.29) is 5.91 Å². The molecule has 2 saturated heterocycles. The van der Waals surface area contributed by atoms with Crippen LogP contribution in [0.1, 0.15) is 44.9 Å². The number of hydrogen-bond acceptors (Lipinski definition) is 4. The Morgan fingerprint density at radius 2 is 2.14 bits per heavy atom. The maximum absolute atomic E-state index is 12.0. The van der Waals surface area contributed by atoms with Crippen molar-refractivity contribution in [3.63, 3.8) is 0 Å². The molecule has 6 nitrogen and oxygen atoms in total. The maximum atomic E-state index is 12.0. The molecule has 6 heteroatoms. The molecule has 2 aliphatic heterocycles. The van der Waals surface area contributed by atoms with Crippen LogP contribution in [-0.4, -0.2) is 51.5 Å². The molecule has 1 N–H and O–H groups in total. The summed E-state index contributed by atoms with van der Waals surface area (Å²) < 4.78 is 1.74. The van der Waals surface area contributed by atoms with Crippen molar-refractivity contribution < 1.29 is 4.79 Å². The van der Waals surface area contributed by atoms with Gasteiger partial charge < -0.3 is 10.2 Å². The molecule has 0 aliphatic carbocycles. The van der Waals surface area contributed by atoms with E-state index < -0.39 is 0 Å². The van der Waals surface area contributed by atoms with Crippen molar-refractivity contribution in [3.8, 4) is 0 Å². The summed E-state index contributed by atoms with van der Waals surface area (Å²) in [5.74, 6) is 0.892. The predicted octanol–water partition coefficient (Wildman–Crippen LogP) is 1.44. The molecule has 0 aromatic carbocycles. The van der Waals surface area contributed by atoms with Crippen molar-refractivity contribution in [2.24, 2.45) is 5.92 Å². The van der Waals surface area contributed by atoms with E-state index in [1.807, 2.05) is 6.20 Å². The van der Waals surface area contributed by atoms with Crippen LogP contribution in [0.4, 0.5) is 0 Å². The number of aromatic nitrogens is 3. The van der Waals surface area contributed by atoms with Gasteiger partial charge in [-0.2, -0.15) is 0 Å². The van der Waals surface area contributed by atoms with E-state index in [1.165, 1.54) is 45.2 Å². The van der Waals surface area contributed by atoms with E-state index in [1.54, 1.807) is 10.9 Å². The highest BCUT2D eigenvalue weighted by Gasteiger charge is 2.32. The van der Waals surface area contributed by atoms with Gasteiger partial charge in [-0.25, -0.2) is 0 Å². The smallest absolute Gasteiger partial charge is 0.220 e. The van der Waals surface area contributed by atoms with Gasteiger partial charge in [0.1, 0.15) is 0 Å². The van der Waals surface area contributed by atoms with Gasteiger partial charge in [0, 0.05) is 25.2 Å². The Hall–Kier alpha value is -1.43. The van der Waals surface area contributed by atoms with Crippen molar-refractivity contribution in [1.29, 1.82) is 0 Å². The Kier molecular flexibility index (Phi) is 5.43. The van der Waals surface area contributed by atoms with Crippen molar-refractivity contribution >= 4 is 5.91 Å². The summed E-state index contributed by atoms with van der Waals surface area (Å²) in [4.78, 5) is 14.7. The Bertz CT molecular complexity index is 459. The maximum Gasteiger partial charge on any atom is 0.220 e. The second kappa shape index (κ2) is 7.72. The minimum Gasteiger partial charge on any atom is -0.354 e. The first-order chi connectivity index (χ1) is 10.8. The lowest BCUT2D eigenvalue weighted by Crippen LogP contribution is -2.48. The van der Waals surface area contributed by atoms with Crippen LogP contribution in [0.2, 0.25) is 0 Å². The molecule has 1 aromatic heterocycles. The van der Waals surface area contributed by atoms with Crippen LogP contribution in [0.3, 0.4) is 0 Å². The Labute approximate surface area is 132 Å². The fourth-order valence-corrected chi connectivity index (χ4v) is 3.98. The highest BCUT2D eigenvalue weighted by atomic mass is 16.1. The van der Waals surface area contributed by atoms with E-state index in [2.05, 4.69) is 20.5 Å². The molecule has 122 valence electrons. The standard InChI is InChI=1S/C16H27N5O/c22-16(17-8-12-21-13-9-18-19-21)7-6-14-4-3-11-20-10-2-1-5-15(14)20/h9,13-15H,1-8,10-12H2,(H,17,22)/t14-,15+/m0/s1. The second-order valence-corrected chi connectivity index (χ2v) is 6.56. The van der Waals surface area contributed by atoms with E-state index in [4.69, 9.17) is 0 Å². The third-order valence-corrected chi connectivity index (χ3v) is 5.11. The topological polar surface area (TPSA) is 63.1 Å². The molecule has 0 unspecified atom stereocenters. The quantitative estimate of drug-likeness (QED) is 0.864. The molecular formula is C16H27N5O. The lowest BCUT2D eigenvalue weighted by Gasteiger charge is -2.44. The highest BCUT2D eigenvalue weighted by molar-refractivity contribution is 5.75. The number of carbonyl (C=O) groups is 1. The largest absolute Gasteiger partial charge is 0.354 e. The molecule has 3 rings (SSSR count). The summed E-state index contributed by atoms with van der Waals surface area (Å²) in [6, 6.07) is 0.741. The number of fused-ring (bicyclic) bond motifs is 1. The molecule has 0 radical (unpaired) electrons. The molecular weight excluding hydrogens is 278 g/mol. The summed E-state index contributed by atoms with van der Waals surface area (Å²) in [6.07, 6.45) is 11.8. The Morgan fingerprint density at radius 1 is 1.23 bits per heavy atom. The number of nitrogens with one attached hydrogen (secondary N) is 1. The molecule has 0 bridgehead atoms. The zero-order chi connectivity index (χ0) is 15.2. The number of piperidine rings is 2. The van der Waals surface area contributed by atoms with Crippen LogP contribution in [0.15, 0.2) is 12.4 Å². The summed E-state index contributed by atoms with van der Waals surface area (Å²) in [5.41, 5.74) is 0. The summed E-state index contributed by atoms with van der Waals surface area (Å²) in [6.45, 7) is 3.85. The normalized spacial score (nSPS) is 25.6. The first-order valence-corrected chi connectivity index (χ1v) is 8.68. The van der Waals surface area contributed by atoms with Crippen molar-refractivity contribution in [2.45, 2.75) is 57.5 Å². The molecule has 2 atom stereocenters. The number of amides is 1. The number of hydrogen-bond donors (Lipinski definition) is 1. The van der Waals surface area contributed by atoms with E-state index in [0.717, 1.165) is 18.4 Å². The van der Waals surface area contributed by atoms with E-state index >= 15 is 0 Å². The number of rotatable bonds is 6. The molecule has 1 aromatic rings. The molecule has 0 spiro atoms. The molecule has 2 aliphatic rings. The van der Waals surface area contributed by atoms with Crippen LogP contribution in [0, 0.1) is 5.92 Å². The number of carbonyl (C=O) groups excluding carboxylic acids is 1. The monoisotopic (exact) mass is 305 g/mol. The zero-order valence-electron chi connectivity index (χ0n) is 13.3. The van der Waals surface area contributed by atoms with Gasteiger partial charge in [0.15, 0.2) is 0 Å². The predicted molar refractivity (Wildman–Crippen MR) is 84.2 cm³/mol. The Balaban J connectivity index is 1.36. The average Bonchev–Trinajstić information content (AvgIpc) is 3.06. The van der Waals surface area contributed by atoms with Gasteiger partial charge in [-0.3, -0.25) is 9.48 Å². The van der Waals surface area contributed by atoms with E-state index in [0.29, 0.717) is 19.5 Å². The molecule has 3 heterocycles. The van der Waals surface area contributed by atoms with Gasteiger partial charge >= 0.3 is 0 Å². The summed E-state index contributed by atoms with van der Waals surface area (Å²) >= 11 is 0. The van der Waals surface area contributed by atoms with Gasteiger partial charge in [-0.15, -0.1) is 5.10 Å². The Morgan fingerprint density at radius 3 is 3.00 bits per heavy atom. The van der Waals surface area contributed by atoms with Crippen molar-refractivity contribution in [3.05, 3.63) is 12.4 Å². The lowest BCUT2D eigenvalue weighted by molar-refractivity contribution is -0.121. The minimum atomic E-state index is 0.174. The van der Waals surface area contributed by atoms with Crippen LogP contribution in [0.25, 0.3) is 0 Å². The lowest BCUT2D eigenvalue weighted by atomic mass is 9.81. The van der Waals surface area contributed by atoms with Gasteiger partial charge in [-0.05, 0) is 51.1 Å². The first-order valence-electron chi connectivity index (χ1n) is 8.68. The average molecular weight is 305 g/mol. The summed E-state index contributed by atoms with van der Waals surface area (Å²) in [7, 11) is 0. The SMILES string of the molecule is O=C(CC[C@@H]1CCCN2CCCC[C@H]12)NCCn1ccnn1. The molecule has 2 fully saturated rings. The second-order valence-electron chi connectivity index (χ2n) is 6.56. The molecule has 22 heavy (non-hydrogen) atoms. The van der Waals surface area contributed by atoms with Crippen LogP contribution in [0.5, 0.6) is 0 Å². The minimum absolute atomic E-state index is 0.174. The fourth-order valence-electron chi connectivity index (χ4n) is 3.98.